The van der Waals surface area contributed by atoms with Crippen LogP contribution in [-0.4, -0.2) is 64.4 Å². The molecule has 0 amide bonds. The molecule has 0 spiro atoms. The Morgan fingerprint density at radius 3 is 2.86 bits per heavy atom. The zero-order valence-electron chi connectivity index (χ0n) is 16.0. The zero-order chi connectivity index (χ0) is 20.2. The highest BCUT2D eigenvalue weighted by Gasteiger charge is 2.26. The molecule has 0 saturated carbocycles. The predicted molar refractivity (Wildman–Crippen MR) is 110 cm³/mol. The lowest BCUT2D eigenvalue weighted by molar-refractivity contribution is 0.0987. The maximum atomic E-state index is 12.3. The summed E-state index contributed by atoms with van der Waals surface area (Å²) >= 11 is 0. The number of ether oxygens (including phenoxy) is 1. The summed E-state index contributed by atoms with van der Waals surface area (Å²) in [6.07, 6.45) is 6.20. The molecular weight excluding hydrogens is 392 g/mol. The van der Waals surface area contributed by atoms with Crippen molar-refractivity contribution in [3.8, 4) is 11.4 Å². The zero-order valence-corrected chi connectivity index (χ0v) is 16.8. The second-order valence-electron chi connectivity index (χ2n) is 7.20. The predicted octanol–water partition coefficient (Wildman–Crippen LogP) is 2.01. The highest BCUT2D eigenvalue weighted by Crippen LogP contribution is 2.32. The second kappa shape index (κ2) is 6.53. The fraction of sp³-hybridized carbons (Fsp3) is 0.316. The summed E-state index contributed by atoms with van der Waals surface area (Å²) in [6.45, 7) is 3.92. The van der Waals surface area contributed by atoms with E-state index in [0.717, 1.165) is 16.6 Å². The summed E-state index contributed by atoms with van der Waals surface area (Å²) in [5.74, 6) is 1.17. The van der Waals surface area contributed by atoms with E-state index in [4.69, 9.17) is 9.72 Å². The molecule has 1 aliphatic heterocycles. The van der Waals surface area contributed by atoms with Crippen LogP contribution in [0.1, 0.15) is 6.92 Å². The molecular formula is C19H20N6O3S. The smallest absolute Gasteiger partial charge is 0.237 e. The van der Waals surface area contributed by atoms with Gasteiger partial charge in [-0.05, 0) is 25.1 Å². The molecule has 1 aliphatic rings. The molecule has 0 bridgehead atoms. The molecule has 1 N–H and O–H groups in total. The first kappa shape index (κ1) is 18.1. The Labute approximate surface area is 167 Å². The van der Waals surface area contributed by atoms with Gasteiger partial charge in [0.1, 0.15) is 11.5 Å². The fourth-order valence-electron chi connectivity index (χ4n) is 3.78. The minimum absolute atomic E-state index is 0.112. The Morgan fingerprint density at radius 1 is 1.21 bits per heavy atom. The van der Waals surface area contributed by atoms with Crippen molar-refractivity contribution in [2.75, 3.05) is 30.9 Å². The van der Waals surface area contributed by atoms with Gasteiger partial charge in [0.15, 0.2) is 11.5 Å². The van der Waals surface area contributed by atoms with E-state index >= 15 is 0 Å². The van der Waals surface area contributed by atoms with E-state index in [-0.39, 0.29) is 6.04 Å². The maximum absolute atomic E-state index is 12.3. The van der Waals surface area contributed by atoms with Crippen molar-refractivity contribution in [2.45, 2.75) is 13.0 Å². The number of pyridine rings is 1. The average Bonchev–Trinajstić information content (AvgIpc) is 3.34. The van der Waals surface area contributed by atoms with E-state index in [2.05, 4.69) is 26.8 Å². The molecule has 4 aromatic rings. The lowest BCUT2D eigenvalue weighted by atomic mass is 10.1. The van der Waals surface area contributed by atoms with E-state index in [1.807, 2.05) is 18.3 Å². The van der Waals surface area contributed by atoms with Crippen LogP contribution >= 0.6 is 0 Å². The van der Waals surface area contributed by atoms with Gasteiger partial charge >= 0.3 is 0 Å². The van der Waals surface area contributed by atoms with Crippen LogP contribution in [0, 0.1) is 0 Å². The van der Waals surface area contributed by atoms with E-state index in [0.29, 0.717) is 42.4 Å². The van der Waals surface area contributed by atoms with Gasteiger partial charge in [-0.3, -0.25) is 0 Å². The van der Waals surface area contributed by atoms with E-state index in [1.54, 1.807) is 12.3 Å². The van der Waals surface area contributed by atoms with Crippen LogP contribution < -0.4 is 4.90 Å². The van der Waals surface area contributed by atoms with Crippen LogP contribution in [0.4, 0.5) is 5.82 Å². The van der Waals surface area contributed by atoms with Gasteiger partial charge in [0.05, 0.1) is 30.9 Å². The van der Waals surface area contributed by atoms with Crippen LogP contribution in [-0.2, 0) is 14.8 Å². The molecule has 29 heavy (non-hydrogen) atoms. The SMILES string of the molecule is C[C@@H]1COCCN1c1nc(-c2ccnc3[nH]ccc23)nc2c1ccn2S(C)(=O)=O. The van der Waals surface area contributed by atoms with Crippen LogP contribution in [0.2, 0.25) is 0 Å². The Balaban J connectivity index is 1.82. The first-order valence-corrected chi connectivity index (χ1v) is 11.1. The molecule has 5 rings (SSSR count). The van der Waals surface area contributed by atoms with Crippen molar-refractivity contribution in [2.24, 2.45) is 0 Å². The number of aromatic amines is 1. The average molecular weight is 412 g/mol. The lowest BCUT2D eigenvalue weighted by Crippen LogP contribution is -2.44. The first-order valence-electron chi connectivity index (χ1n) is 9.30. The minimum Gasteiger partial charge on any atom is -0.377 e. The van der Waals surface area contributed by atoms with Gasteiger partial charge in [0.2, 0.25) is 10.0 Å². The number of nitrogens with one attached hydrogen (secondary N) is 1. The van der Waals surface area contributed by atoms with Crippen molar-refractivity contribution >= 4 is 37.9 Å². The largest absolute Gasteiger partial charge is 0.377 e. The topological polar surface area (TPSA) is 106 Å². The van der Waals surface area contributed by atoms with Gasteiger partial charge < -0.3 is 14.6 Å². The molecule has 150 valence electrons. The number of aromatic nitrogens is 5. The third-order valence-electron chi connectivity index (χ3n) is 5.19. The number of anilines is 1. The molecule has 0 unspecified atom stereocenters. The van der Waals surface area contributed by atoms with E-state index in [9.17, 15) is 8.42 Å². The van der Waals surface area contributed by atoms with Crippen LogP contribution in [0.15, 0.2) is 36.8 Å². The Hall–Kier alpha value is -2.98. The molecule has 4 aromatic heterocycles. The van der Waals surface area contributed by atoms with Crippen LogP contribution in [0.5, 0.6) is 0 Å². The molecule has 0 aliphatic carbocycles. The maximum Gasteiger partial charge on any atom is 0.237 e. The molecule has 1 saturated heterocycles. The number of morpholine rings is 1. The van der Waals surface area contributed by atoms with E-state index < -0.39 is 10.0 Å². The third-order valence-corrected chi connectivity index (χ3v) is 6.20. The Kier molecular flexibility index (Phi) is 4.07. The molecule has 0 radical (unpaired) electrons. The quantitative estimate of drug-likeness (QED) is 0.549. The summed E-state index contributed by atoms with van der Waals surface area (Å²) in [7, 11) is -3.51. The summed E-state index contributed by atoms with van der Waals surface area (Å²) in [4.78, 5) is 19.1. The standard InChI is InChI=1S/C19H20N6O3S/c1-12-11-28-10-9-24(12)18-15-5-8-25(29(2,26)27)19(15)23-17(22-18)14-4-7-21-16-13(14)3-6-20-16/h3-8,12H,9-11H2,1-2H3,(H,20,21)/t12-/m1/s1. The van der Waals surface area contributed by atoms with Gasteiger partial charge in [0.25, 0.3) is 0 Å². The molecule has 1 fully saturated rings. The number of H-pyrrole nitrogens is 1. The number of hydrogen-bond acceptors (Lipinski definition) is 7. The molecule has 5 heterocycles. The summed E-state index contributed by atoms with van der Waals surface area (Å²) in [6, 6.07) is 5.63. The highest BCUT2D eigenvalue weighted by atomic mass is 32.2. The van der Waals surface area contributed by atoms with E-state index in [1.165, 1.54) is 16.4 Å². The van der Waals surface area contributed by atoms with Gasteiger partial charge in [0, 0.05) is 36.1 Å². The summed E-state index contributed by atoms with van der Waals surface area (Å²) < 4.78 is 31.4. The monoisotopic (exact) mass is 412 g/mol. The van der Waals surface area contributed by atoms with Crippen molar-refractivity contribution < 1.29 is 13.2 Å². The lowest BCUT2D eigenvalue weighted by Gasteiger charge is -2.34. The number of nitrogens with zero attached hydrogens (tertiary/aromatic N) is 5. The second-order valence-corrected chi connectivity index (χ2v) is 9.06. The first-order chi connectivity index (χ1) is 13.9. The van der Waals surface area contributed by atoms with Crippen molar-refractivity contribution in [3.05, 3.63) is 36.8 Å². The molecule has 1 atom stereocenters. The van der Waals surface area contributed by atoms with Crippen LogP contribution in [0.3, 0.4) is 0 Å². The molecule has 9 nitrogen and oxygen atoms in total. The van der Waals surface area contributed by atoms with Crippen LogP contribution in [0.25, 0.3) is 33.5 Å². The minimum atomic E-state index is -3.51. The van der Waals surface area contributed by atoms with Crippen molar-refractivity contribution in [3.63, 3.8) is 0 Å². The van der Waals surface area contributed by atoms with Crippen molar-refractivity contribution in [1.82, 2.24) is 23.9 Å². The number of fused-ring (bicyclic) bond motifs is 2. The molecule has 0 aromatic carbocycles. The normalized spacial score (nSPS) is 18.0. The fourth-order valence-corrected chi connectivity index (χ4v) is 4.52. The number of hydrogen-bond donors (Lipinski definition) is 1. The van der Waals surface area contributed by atoms with Gasteiger partial charge in [-0.25, -0.2) is 27.3 Å². The summed E-state index contributed by atoms with van der Waals surface area (Å²) in [5.41, 5.74) is 1.89. The Morgan fingerprint density at radius 2 is 2.07 bits per heavy atom. The highest BCUT2D eigenvalue weighted by molar-refractivity contribution is 7.89. The number of rotatable bonds is 3. The third kappa shape index (κ3) is 2.95. The van der Waals surface area contributed by atoms with Gasteiger partial charge in [-0.15, -0.1) is 0 Å². The molecule has 10 heteroatoms. The summed E-state index contributed by atoms with van der Waals surface area (Å²) in [5, 5.41) is 1.58. The van der Waals surface area contributed by atoms with Gasteiger partial charge in [-0.2, -0.15) is 0 Å². The van der Waals surface area contributed by atoms with Gasteiger partial charge in [-0.1, -0.05) is 0 Å². The van der Waals surface area contributed by atoms with Crippen molar-refractivity contribution in [1.29, 1.82) is 0 Å². The Bertz CT molecular complexity index is 1330.